The quantitative estimate of drug-likeness (QED) is 0.861. The number of nitrogens with one attached hydrogen (secondary N) is 1. The second-order valence-electron chi connectivity index (χ2n) is 3.86. The highest BCUT2D eigenvalue weighted by Crippen LogP contribution is 2.15. The molecular weight excluding hydrogens is 251 g/mol. The molecule has 2 amide bonds. The van der Waals surface area contributed by atoms with Crippen molar-refractivity contribution < 1.29 is 14.0 Å². The Kier molecular flexibility index (Phi) is 3.28. The minimum Gasteiger partial charge on any atom is -0.364 e. The van der Waals surface area contributed by atoms with Crippen LogP contribution in [-0.4, -0.2) is 21.6 Å². The van der Waals surface area contributed by atoms with E-state index in [1.54, 1.807) is 0 Å². The van der Waals surface area contributed by atoms with Crippen molar-refractivity contribution in [3.05, 3.63) is 47.5 Å². The fourth-order valence-electron chi connectivity index (χ4n) is 1.62. The van der Waals surface area contributed by atoms with Gasteiger partial charge in [0.1, 0.15) is 11.5 Å². The Hall–Kier alpha value is -2.70. The van der Waals surface area contributed by atoms with Gasteiger partial charge in [-0.3, -0.25) is 14.3 Å². The van der Waals surface area contributed by atoms with Gasteiger partial charge in [-0.05, 0) is 24.3 Å². The molecule has 0 aliphatic carbocycles. The van der Waals surface area contributed by atoms with Crippen LogP contribution in [0.3, 0.4) is 0 Å². The van der Waals surface area contributed by atoms with Crippen molar-refractivity contribution in [2.75, 3.05) is 5.32 Å². The fraction of sp³-hybridized carbons (Fsp3) is 0.0833. The van der Waals surface area contributed by atoms with Crippen LogP contribution in [0.15, 0.2) is 30.5 Å². The molecule has 0 radical (unpaired) electrons. The molecule has 2 aromatic rings. The van der Waals surface area contributed by atoms with E-state index in [9.17, 15) is 14.0 Å². The van der Waals surface area contributed by atoms with Gasteiger partial charge in [0.15, 0.2) is 0 Å². The molecule has 2 rings (SSSR count). The summed E-state index contributed by atoms with van der Waals surface area (Å²) < 4.78 is 14.0. The van der Waals surface area contributed by atoms with Gasteiger partial charge in [0.2, 0.25) is 0 Å². The molecule has 0 atom stereocenters. The summed E-state index contributed by atoms with van der Waals surface area (Å²) >= 11 is 0. The van der Waals surface area contributed by atoms with Crippen molar-refractivity contribution in [3.8, 4) is 0 Å². The Labute approximate surface area is 108 Å². The van der Waals surface area contributed by atoms with Crippen molar-refractivity contribution in [2.24, 2.45) is 12.8 Å². The number of rotatable bonds is 3. The number of aryl methyl sites for hydroxylation is 1. The van der Waals surface area contributed by atoms with Crippen LogP contribution in [-0.2, 0) is 7.05 Å². The third-order valence-corrected chi connectivity index (χ3v) is 2.53. The molecule has 0 spiro atoms. The number of nitrogens with zero attached hydrogens (tertiary/aromatic N) is 2. The third-order valence-electron chi connectivity index (χ3n) is 2.53. The van der Waals surface area contributed by atoms with Gasteiger partial charge < -0.3 is 11.1 Å². The average Bonchev–Trinajstić information content (AvgIpc) is 2.71. The molecule has 0 fully saturated rings. The van der Waals surface area contributed by atoms with E-state index in [-0.39, 0.29) is 16.9 Å². The molecule has 0 saturated carbocycles. The van der Waals surface area contributed by atoms with Gasteiger partial charge in [-0.15, -0.1) is 0 Å². The van der Waals surface area contributed by atoms with Gasteiger partial charge in [0.25, 0.3) is 11.8 Å². The molecule has 3 N–H and O–H groups in total. The summed E-state index contributed by atoms with van der Waals surface area (Å²) in [7, 11) is 1.54. The highest BCUT2D eigenvalue weighted by molar-refractivity contribution is 6.07. The lowest BCUT2D eigenvalue weighted by atomic mass is 10.2. The first-order valence-corrected chi connectivity index (χ1v) is 5.37. The van der Waals surface area contributed by atoms with Crippen LogP contribution in [0.4, 0.5) is 10.1 Å². The van der Waals surface area contributed by atoms with E-state index in [0.29, 0.717) is 0 Å². The molecule has 6 nitrogen and oxygen atoms in total. The molecule has 19 heavy (non-hydrogen) atoms. The molecule has 1 aromatic heterocycles. The first-order chi connectivity index (χ1) is 8.99. The van der Waals surface area contributed by atoms with E-state index < -0.39 is 17.6 Å². The maximum atomic E-state index is 12.7. The minimum absolute atomic E-state index is 0.0930. The average molecular weight is 262 g/mol. The number of halogens is 1. The summed E-state index contributed by atoms with van der Waals surface area (Å²) in [6.45, 7) is 0. The molecule has 0 aliphatic rings. The third kappa shape index (κ3) is 2.59. The summed E-state index contributed by atoms with van der Waals surface area (Å²) in [5.41, 5.74) is 5.76. The number of anilines is 1. The second-order valence-corrected chi connectivity index (χ2v) is 3.86. The molecule has 0 bridgehead atoms. The van der Waals surface area contributed by atoms with Crippen molar-refractivity contribution in [1.82, 2.24) is 9.78 Å². The predicted molar refractivity (Wildman–Crippen MR) is 66.1 cm³/mol. The van der Waals surface area contributed by atoms with Crippen molar-refractivity contribution >= 4 is 17.5 Å². The summed E-state index contributed by atoms with van der Waals surface area (Å²) in [6, 6.07) is 5.02. The second kappa shape index (κ2) is 4.89. The van der Waals surface area contributed by atoms with Gasteiger partial charge in [0.05, 0.1) is 11.9 Å². The van der Waals surface area contributed by atoms with Gasteiger partial charge >= 0.3 is 0 Å². The van der Waals surface area contributed by atoms with Crippen molar-refractivity contribution in [1.29, 1.82) is 0 Å². The summed E-state index contributed by atoms with van der Waals surface area (Å²) in [5, 5.41) is 6.34. The molecule has 0 aliphatic heterocycles. The van der Waals surface area contributed by atoms with E-state index >= 15 is 0 Å². The molecular formula is C12H11FN4O2. The number of hydrogen-bond donors (Lipinski definition) is 2. The first-order valence-electron chi connectivity index (χ1n) is 5.37. The fourth-order valence-corrected chi connectivity index (χ4v) is 1.62. The van der Waals surface area contributed by atoms with E-state index in [2.05, 4.69) is 10.4 Å². The number of hydrogen-bond acceptors (Lipinski definition) is 3. The Morgan fingerprint density at radius 3 is 2.53 bits per heavy atom. The lowest BCUT2D eigenvalue weighted by molar-refractivity contribution is 0.0992. The molecule has 7 heteroatoms. The van der Waals surface area contributed by atoms with Crippen LogP contribution in [0.2, 0.25) is 0 Å². The van der Waals surface area contributed by atoms with E-state index in [4.69, 9.17) is 5.73 Å². The maximum absolute atomic E-state index is 12.7. The number of aromatic nitrogens is 2. The molecule has 98 valence electrons. The zero-order valence-electron chi connectivity index (χ0n) is 10.1. The molecule has 0 unspecified atom stereocenters. The van der Waals surface area contributed by atoms with Crippen molar-refractivity contribution in [2.45, 2.75) is 0 Å². The van der Waals surface area contributed by atoms with Crippen LogP contribution in [0.25, 0.3) is 0 Å². The lowest BCUT2D eigenvalue weighted by Crippen LogP contribution is -2.20. The van der Waals surface area contributed by atoms with Gasteiger partial charge in [0, 0.05) is 12.6 Å². The number of primary amides is 1. The largest absolute Gasteiger partial charge is 0.364 e. The monoisotopic (exact) mass is 262 g/mol. The van der Waals surface area contributed by atoms with Crippen LogP contribution >= 0.6 is 0 Å². The van der Waals surface area contributed by atoms with Crippen LogP contribution in [0.1, 0.15) is 20.8 Å². The lowest BCUT2D eigenvalue weighted by Gasteiger charge is -2.05. The summed E-state index contributed by atoms with van der Waals surface area (Å²) in [5.74, 6) is -1.61. The zero-order chi connectivity index (χ0) is 14.0. The highest BCUT2D eigenvalue weighted by Gasteiger charge is 2.16. The number of carbonyl (C=O) groups excluding carboxylic acids is 2. The summed E-state index contributed by atoms with van der Waals surface area (Å²) in [4.78, 5) is 23.1. The number of carbonyl (C=O) groups is 2. The number of amides is 2. The Bertz CT molecular complexity index is 634. The van der Waals surface area contributed by atoms with Crippen molar-refractivity contribution in [3.63, 3.8) is 0 Å². The standard InChI is InChI=1S/C12H11FN4O2/c1-17-10(11(14)18)9(6-15-17)16-12(19)7-2-4-8(13)5-3-7/h2-6H,1H3,(H2,14,18)(H,16,19). The summed E-state index contributed by atoms with van der Waals surface area (Å²) in [6.07, 6.45) is 1.32. The first kappa shape index (κ1) is 12.7. The van der Waals surface area contributed by atoms with Crippen LogP contribution in [0.5, 0.6) is 0 Å². The minimum atomic E-state index is -0.700. The van der Waals surface area contributed by atoms with Gasteiger partial charge in [-0.25, -0.2) is 4.39 Å². The zero-order valence-corrected chi connectivity index (χ0v) is 10.1. The Morgan fingerprint density at radius 1 is 1.32 bits per heavy atom. The molecule has 0 saturated heterocycles. The number of nitrogens with two attached hydrogens (primary N) is 1. The van der Waals surface area contributed by atoms with Gasteiger partial charge in [-0.1, -0.05) is 0 Å². The van der Waals surface area contributed by atoms with E-state index in [1.807, 2.05) is 0 Å². The topological polar surface area (TPSA) is 90.0 Å². The highest BCUT2D eigenvalue weighted by atomic mass is 19.1. The molecule has 1 aromatic carbocycles. The predicted octanol–water partition coefficient (Wildman–Crippen LogP) is 0.910. The van der Waals surface area contributed by atoms with E-state index in [0.717, 1.165) is 0 Å². The van der Waals surface area contributed by atoms with E-state index in [1.165, 1.54) is 42.2 Å². The smallest absolute Gasteiger partial charge is 0.269 e. The Balaban J connectivity index is 2.24. The maximum Gasteiger partial charge on any atom is 0.269 e. The number of benzene rings is 1. The van der Waals surface area contributed by atoms with Gasteiger partial charge in [-0.2, -0.15) is 5.10 Å². The van der Waals surface area contributed by atoms with Crippen LogP contribution in [0, 0.1) is 5.82 Å². The normalized spacial score (nSPS) is 10.2. The Morgan fingerprint density at radius 2 is 1.95 bits per heavy atom. The molecule has 1 heterocycles. The van der Waals surface area contributed by atoms with Crippen LogP contribution < -0.4 is 11.1 Å². The SMILES string of the molecule is Cn1ncc(NC(=O)c2ccc(F)cc2)c1C(N)=O.